The normalized spacial score (nSPS) is 50.8. The molecule has 8 heteroatoms. The summed E-state index contributed by atoms with van der Waals surface area (Å²) in [6.07, 6.45) is 4.77. The summed E-state index contributed by atoms with van der Waals surface area (Å²) in [5.41, 5.74) is -2.72. The Hall–Kier alpha value is -2.03. The van der Waals surface area contributed by atoms with Gasteiger partial charge in [-0.3, -0.25) is 4.79 Å². The van der Waals surface area contributed by atoms with Crippen LogP contribution < -0.4 is 5.63 Å². The third-order valence-corrected chi connectivity index (χ3v) is 10.4. The molecule has 10 unspecified atom stereocenters. The molecule has 34 heavy (non-hydrogen) atoms. The lowest BCUT2D eigenvalue weighted by molar-refractivity contribution is -0.220. The van der Waals surface area contributed by atoms with Crippen molar-refractivity contribution in [3.05, 3.63) is 34.4 Å². The fourth-order valence-corrected chi connectivity index (χ4v) is 9.05. The van der Waals surface area contributed by atoms with Crippen molar-refractivity contribution >= 4 is 12.3 Å². The second kappa shape index (κ2) is 7.02. The Morgan fingerprint density at radius 2 is 1.94 bits per heavy atom. The van der Waals surface area contributed by atoms with Crippen molar-refractivity contribution in [1.82, 2.24) is 0 Å². The van der Waals surface area contributed by atoms with Crippen LogP contribution in [0, 0.1) is 22.7 Å². The van der Waals surface area contributed by atoms with Crippen LogP contribution in [0.4, 0.5) is 0 Å². The zero-order valence-corrected chi connectivity index (χ0v) is 19.6. The Kier molecular flexibility index (Phi) is 4.63. The molecule has 1 saturated heterocycles. The number of ether oxygens (including phenoxy) is 2. The molecule has 1 aromatic rings. The Morgan fingerprint density at radius 1 is 1.18 bits per heavy atom. The predicted molar refractivity (Wildman–Crippen MR) is 118 cm³/mol. The van der Waals surface area contributed by atoms with Crippen LogP contribution in [0.3, 0.4) is 0 Å². The number of esters is 1. The lowest BCUT2D eigenvalue weighted by atomic mass is 9.42. The number of aliphatic hydroxyl groups excluding tert-OH is 1. The summed E-state index contributed by atoms with van der Waals surface area (Å²) in [5, 5.41) is 21.9. The van der Waals surface area contributed by atoms with Crippen LogP contribution in [-0.4, -0.2) is 52.0 Å². The fraction of sp³-hybridized carbons (Fsp3) is 0.731. The van der Waals surface area contributed by atoms with E-state index in [1.807, 2.05) is 0 Å². The lowest BCUT2D eigenvalue weighted by Gasteiger charge is -2.62. The van der Waals surface area contributed by atoms with Gasteiger partial charge in [-0.15, -0.1) is 0 Å². The van der Waals surface area contributed by atoms with Crippen LogP contribution in [0.25, 0.3) is 0 Å². The Balaban J connectivity index is 1.44. The van der Waals surface area contributed by atoms with E-state index in [4.69, 9.17) is 13.9 Å². The van der Waals surface area contributed by atoms with E-state index in [0.717, 1.165) is 24.7 Å². The third kappa shape index (κ3) is 2.57. The lowest BCUT2D eigenvalue weighted by Crippen LogP contribution is -2.66. The van der Waals surface area contributed by atoms with Crippen LogP contribution >= 0.6 is 0 Å². The molecule has 0 amide bonds. The van der Waals surface area contributed by atoms with Crippen LogP contribution in [0.5, 0.6) is 0 Å². The number of hydrogen-bond acceptors (Lipinski definition) is 8. The molecule has 5 fully saturated rings. The molecule has 1 aromatic heterocycles. The fourth-order valence-electron chi connectivity index (χ4n) is 9.05. The molecule has 1 aliphatic heterocycles. The maximum absolute atomic E-state index is 12.7. The molecule has 1 spiro atoms. The number of fused-ring (bicyclic) bond motifs is 3. The highest BCUT2D eigenvalue weighted by Gasteiger charge is 2.85. The van der Waals surface area contributed by atoms with Gasteiger partial charge in [-0.05, 0) is 62.0 Å². The summed E-state index contributed by atoms with van der Waals surface area (Å²) in [6.45, 7) is 3.56. The van der Waals surface area contributed by atoms with Crippen LogP contribution in [0.2, 0.25) is 0 Å². The number of hydrogen-bond donors (Lipinski definition) is 2. The summed E-state index contributed by atoms with van der Waals surface area (Å²) in [4.78, 5) is 36.4. The molecular weight excluding hydrogens is 440 g/mol. The molecule has 8 nitrogen and oxygen atoms in total. The average molecular weight is 473 g/mol. The van der Waals surface area contributed by atoms with Crippen molar-refractivity contribution in [3.63, 3.8) is 0 Å². The summed E-state index contributed by atoms with van der Waals surface area (Å²) >= 11 is 0. The minimum atomic E-state index is -1.21. The molecule has 2 heterocycles. The van der Waals surface area contributed by atoms with Gasteiger partial charge in [-0.2, -0.15) is 0 Å². The first-order valence-corrected chi connectivity index (χ1v) is 12.4. The van der Waals surface area contributed by atoms with Gasteiger partial charge in [0.1, 0.15) is 24.1 Å². The Labute approximate surface area is 197 Å². The first-order chi connectivity index (χ1) is 16.1. The van der Waals surface area contributed by atoms with Crippen molar-refractivity contribution in [2.45, 2.75) is 94.2 Å². The van der Waals surface area contributed by atoms with Gasteiger partial charge >= 0.3 is 11.6 Å². The number of rotatable bonds is 3. The van der Waals surface area contributed by atoms with Gasteiger partial charge in [-0.25, -0.2) is 4.79 Å². The quantitative estimate of drug-likeness (QED) is 0.389. The topological polar surface area (TPSA) is 127 Å². The molecule has 6 rings (SSSR count). The van der Waals surface area contributed by atoms with Gasteiger partial charge in [0.05, 0.1) is 23.4 Å². The molecule has 0 radical (unpaired) electrons. The van der Waals surface area contributed by atoms with E-state index in [2.05, 4.69) is 6.92 Å². The van der Waals surface area contributed by atoms with Crippen molar-refractivity contribution in [2.75, 3.05) is 0 Å². The minimum Gasteiger partial charge on any atom is -0.459 e. The van der Waals surface area contributed by atoms with Gasteiger partial charge in [0.2, 0.25) is 0 Å². The van der Waals surface area contributed by atoms with E-state index in [9.17, 15) is 24.6 Å². The second-order valence-corrected chi connectivity index (χ2v) is 11.6. The summed E-state index contributed by atoms with van der Waals surface area (Å²) in [7, 11) is 0. The second-order valence-electron chi connectivity index (χ2n) is 11.6. The average Bonchev–Trinajstić information content (AvgIpc) is 3.49. The van der Waals surface area contributed by atoms with E-state index < -0.39 is 39.9 Å². The smallest absolute Gasteiger partial charge is 0.335 e. The number of aliphatic hydroxyl groups is 2. The van der Waals surface area contributed by atoms with E-state index in [0.29, 0.717) is 25.7 Å². The summed E-state index contributed by atoms with van der Waals surface area (Å²) in [5.74, 6) is -0.641. The molecular formula is C26H32O8. The third-order valence-electron chi connectivity index (χ3n) is 10.4. The van der Waals surface area contributed by atoms with Crippen molar-refractivity contribution < 1.29 is 33.7 Å². The van der Waals surface area contributed by atoms with Crippen molar-refractivity contribution in [2.24, 2.45) is 22.7 Å². The van der Waals surface area contributed by atoms with Gasteiger partial charge in [0, 0.05) is 30.7 Å². The van der Waals surface area contributed by atoms with Crippen molar-refractivity contribution in [3.8, 4) is 0 Å². The summed E-state index contributed by atoms with van der Waals surface area (Å²) < 4.78 is 17.6. The highest BCUT2D eigenvalue weighted by molar-refractivity contribution is 5.67. The molecule has 4 saturated carbocycles. The first-order valence-electron chi connectivity index (χ1n) is 12.4. The molecule has 5 aliphatic rings. The Morgan fingerprint density at radius 3 is 2.62 bits per heavy atom. The predicted octanol–water partition coefficient (Wildman–Crippen LogP) is 2.09. The molecule has 4 aliphatic carbocycles. The van der Waals surface area contributed by atoms with Gasteiger partial charge < -0.3 is 28.9 Å². The zero-order valence-electron chi connectivity index (χ0n) is 19.6. The standard InChI is InChI=1S/C26H32O8/c1-14(28)33-21-20(15-3-4-19(30)32-12-15)23(2)8-6-17-18(26(23)22(21)34-26)7-10-25(31)11-16(29)5-9-24(17,25)13-27/h3-4,12-13,16-18,20-22,29,31H,5-11H2,1-2H3. The molecule has 0 bridgehead atoms. The minimum absolute atomic E-state index is 0.0238. The van der Waals surface area contributed by atoms with Crippen LogP contribution in [0.15, 0.2) is 27.6 Å². The molecule has 2 N–H and O–H groups in total. The van der Waals surface area contributed by atoms with Gasteiger partial charge in [0.15, 0.2) is 0 Å². The van der Waals surface area contributed by atoms with Gasteiger partial charge in [0.25, 0.3) is 0 Å². The SMILES string of the molecule is CC(=O)OC1C(c2ccc(=O)oc2)C2(C)CCC3C(CCC4(O)CC(O)CCC34C=O)C23OC13. The van der Waals surface area contributed by atoms with E-state index in [1.165, 1.54) is 19.3 Å². The molecule has 0 aromatic carbocycles. The van der Waals surface area contributed by atoms with E-state index >= 15 is 0 Å². The van der Waals surface area contributed by atoms with Crippen LogP contribution in [0.1, 0.15) is 70.3 Å². The van der Waals surface area contributed by atoms with E-state index in [-0.39, 0.29) is 36.2 Å². The maximum atomic E-state index is 12.7. The van der Waals surface area contributed by atoms with Crippen LogP contribution in [-0.2, 0) is 19.1 Å². The highest BCUT2D eigenvalue weighted by atomic mass is 16.7. The van der Waals surface area contributed by atoms with E-state index in [1.54, 1.807) is 6.07 Å². The first kappa shape index (κ1) is 22.4. The number of carbonyl (C=O) groups excluding carboxylic acids is 2. The zero-order chi connectivity index (χ0) is 24.1. The van der Waals surface area contributed by atoms with Crippen molar-refractivity contribution in [1.29, 1.82) is 0 Å². The van der Waals surface area contributed by atoms with Gasteiger partial charge in [-0.1, -0.05) is 6.92 Å². The monoisotopic (exact) mass is 472 g/mol. The molecule has 10 atom stereocenters. The molecule has 184 valence electrons. The highest BCUT2D eigenvalue weighted by Crippen LogP contribution is 2.78. The summed E-state index contributed by atoms with van der Waals surface area (Å²) in [6, 6.07) is 3.14. The maximum Gasteiger partial charge on any atom is 0.335 e. The number of aldehydes is 1. The number of epoxide rings is 1. The number of carbonyl (C=O) groups is 2. The largest absolute Gasteiger partial charge is 0.459 e. The Bertz CT molecular complexity index is 1080.